The van der Waals surface area contributed by atoms with Crippen LogP contribution in [0.5, 0.6) is 11.5 Å². The molecule has 0 spiro atoms. The number of hydrogen-bond donors (Lipinski definition) is 5. The normalized spacial score (nSPS) is 15.1. The van der Waals surface area contributed by atoms with E-state index in [9.17, 15) is 10.1 Å². The second-order valence-electron chi connectivity index (χ2n) is 5.27. The first-order valence-corrected chi connectivity index (χ1v) is 7.87. The monoisotopic (exact) mass is 364 g/mol. The zero-order valence-electron chi connectivity index (χ0n) is 13.9. The molecule has 0 bridgehead atoms. The summed E-state index contributed by atoms with van der Waals surface area (Å²) in [5, 5.41) is 9.66. The topological polar surface area (TPSA) is 134 Å². The van der Waals surface area contributed by atoms with E-state index in [1.165, 1.54) is 0 Å². The van der Waals surface area contributed by atoms with Crippen molar-refractivity contribution in [3.63, 3.8) is 0 Å². The zero-order chi connectivity index (χ0) is 18.4. The first-order chi connectivity index (χ1) is 12.0. The first-order valence-electron chi connectivity index (χ1n) is 7.42. The van der Waals surface area contributed by atoms with Gasteiger partial charge in [0.2, 0.25) is 0 Å². The highest BCUT2D eigenvalue weighted by Gasteiger charge is 2.36. The number of ether oxygens (including phenoxy) is 2. The molecule has 1 unspecified atom stereocenters. The Morgan fingerprint density at radius 1 is 1.44 bits per heavy atom. The van der Waals surface area contributed by atoms with Crippen LogP contribution < -0.4 is 31.6 Å². The Hall–Kier alpha value is -2.48. The van der Waals surface area contributed by atoms with Gasteiger partial charge in [-0.2, -0.15) is 5.26 Å². The van der Waals surface area contributed by atoms with Crippen LogP contribution in [0.3, 0.4) is 0 Å². The number of amides is 2. The minimum absolute atomic E-state index is 0.0205. The summed E-state index contributed by atoms with van der Waals surface area (Å²) in [6.07, 6.45) is 0.718. The van der Waals surface area contributed by atoms with Crippen LogP contribution in [-0.2, 0) is 6.42 Å². The minimum Gasteiger partial charge on any atom is -0.493 e. The molecule has 0 radical (unpaired) electrons. The molecule has 25 heavy (non-hydrogen) atoms. The molecule has 0 saturated carbocycles. The van der Waals surface area contributed by atoms with Crippen molar-refractivity contribution < 1.29 is 14.3 Å². The lowest BCUT2D eigenvalue weighted by Crippen LogP contribution is -2.53. The lowest BCUT2D eigenvalue weighted by atomic mass is 9.89. The van der Waals surface area contributed by atoms with Gasteiger partial charge >= 0.3 is 6.03 Å². The van der Waals surface area contributed by atoms with Gasteiger partial charge in [-0.3, -0.25) is 15.8 Å². The highest BCUT2D eigenvalue weighted by atomic mass is 32.1. The van der Waals surface area contributed by atoms with Gasteiger partial charge in [-0.1, -0.05) is 0 Å². The SMILES string of the molecule is COc1cc2c(cc1OC)C(C(S)(C#N)CNNC(=O)NN)=NCC2. The van der Waals surface area contributed by atoms with Crippen LogP contribution in [0.2, 0.25) is 0 Å². The summed E-state index contributed by atoms with van der Waals surface area (Å²) in [7, 11) is 3.11. The number of rotatable bonds is 6. The smallest absolute Gasteiger partial charge is 0.343 e. The zero-order valence-corrected chi connectivity index (χ0v) is 14.8. The van der Waals surface area contributed by atoms with Gasteiger partial charge in [0.1, 0.15) is 0 Å². The number of nitrogens with zero attached hydrogens (tertiary/aromatic N) is 2. The molecule has 1 aromatic rings. The van der Waals surface area contributed by atoms with Gasteiger partial charge in [0.05, 0.1) is 26.0 Å². The van der Waals surface area contributed by atoms with Crippen LogP contribution in [0.4, 0.5) is 4.79 Å². The fourth-order valence-electron chi connectivity index (χ4n) is 2.54. The van der Waals surface area contributed by atoms with E-state index < -0.39 is 10.8 Å². The Bertz CT molecular complexity index is 733. The number of nitrogens with one attached hydrogen (secondary N) is 3. The number of thiol groups is 1. The summed E-state index contributed by atoms with van der Waals surface area (Å²) in [4.78, 5) is 15.6. The molecule has 2 rings (SSSR count). The number of nitriles is 1. The molecule has 1 aromatic carbocycles. The number of hydrogen-bond acceptors (Lipinski definition) is 8. The van der Waals surface area contributed by atoms with Crippen molar-refractivity contribution in [2.45, 2.75) is 11.2 Å². The summed E-state index contributed by atoms with van der Waals surface area (Å²) < 4.78 is 9.40. The summed E-state index contributed by atoms with van der Waals surface area (Å²) in [6.45, 7) is 0.547. The Morgan fingerprint density at radius 3 is 2.72 bits per heavy atom. The number of aliphatic imine (C=N–C) groups is 1. The standard InChI is InChI=1S/C15H20N6O3S/c1-23-11-5-9-3-4-18-13(10(9)6-12(11)24-2)15(25,7-16)8-19-21-14(22)20-17/h5-6,19,25H,3-4,8,17H2,1-2H3,(H2,20,21,22). The predicted octanol–water partition coefficient (Wildman–Crippen LogP) is -0.0813. The van der Waals surface area contributed by atoms with Crippen molar-refractivity contribution in [1.82, 2.24) is 16.3 Å². The number of nitrogens with two attached hydrogens (primary N) is 1. The number of hydrazine groups is 2. The third-order valence-electron chi connectivity index (χ3n) is 3.77. The maximum absolute atomic E-state index is 11.1. The summed E-state index contributed by atoms with van der Waals surface area (Å²) in [6, 6.07) is 5.17. The van der Waals surface area contributed by atoms with Crippen molar-refractivity contribution in [2.75, 3.05) is 27.3 Å². The molecular weight excluding hydrogens is 344 g/mol. The van der Waals surface area contributed by atoms with Crippen molar-refractivity contribution in [1.29, 1.82) is 5.26 Å². The van der Waals surface area contributed by atoms with E-state index in [0.29, 0.717) is 23.8 Å². The number of carbonyl (C=O) groups excluding carboxylic acids is 1. The van der Waals surface area contributed by atoms with Crippen LogP contribution in [0.25, 0.3) is 0 Å². The van der Waals surface area contributed by atoms with Crippen LogP contribution in [0, 0.1) is 11.3 Å². The molecule has 1 atom stereocenters. The van der Waals surface area contributed by atoms with E-state index in [1.807, 2.05) is 11.5 Å². The van der Waals surface area contributed by atoms with Crippen molar-refractivity contribution in [3.05, 3.63) is 23.3 Å². The van der Waals surface area contributed by atoms with E-state index in [2.05, 4.69) is 34.5 Å². The Balaban J connectivity index is 2.34. The largest absolute Gasteiger partial charge is 0.493 e. The molecule has 1 heterocycles. The summed E-state index contributed by atoms with van der Waals surface area (Å²) in [5.41, 5.74) is 9.10. The molecule has 1 aliphatic heterocycles. The minimum atomic E-state index is -1.27. The lowest BCUT2D eigenvalue weighted by Gasteiger charge is -2.28. The van der Waals surface area contributed by atoms with Crippen molar-refractivity contribution in [2.24, 2.45) is 10.8 Å². The second-order valence-corrected chi connectivity index (χ2v) is 6.03. The maximum atomic E-state index is 11.1. The maximum Gasteiger partial charge on any atom is 0.343 e. The second kappa shape index (κ2) is 8.06. The molecular formula is C15H20N6O3S. The third-order valence-corrected chi connectivity index (χ3v) is 4.24. The Labute approximate surface area is 150 Å². The van der Waals surface area contributed by atoms with Gasteiger partial charge in [-0.15, -0.1) is 12.6 Å². The molecule has 1 aliphatic rings. The average molecular weight is 364 g/mol. The fraction of sp³-hybridized carbons (Fsp3) is 0.400. The fourth-order valence-corrected chi connectivity index (χ4v) is 2.81. The van der Waals surface area contributed by atoms with Gasteiger partial charge in [0.15, 0.2) is 16.2 Å². The number of methoxy groups -OCH3 is 2. The third kappa shape index (κ3) is 3.96. The molecule has 5 N–H and O–H groups in total. The number of fused-ring (bicyclic) bond motifs is 1. The summed E-state index contributed by atoms with van der Waals surface area (Å²) >= 11 is 4.50. The molecule has 0 saturated heterocycles. The van der Waals surface area contributed by atoms with Crippen LogP contribution in [-0.4, -0.2) is 43.8 Å². The first kappa shape index (κ1) is 18.9. The summed E-state index contributed by atoms with van der Waals surface area (Å²) in [5.74, 6) is 6.14. The van der Waals surface area contributed by atoms with E-state index in [4.69, 9.17) is 15.3 Å². The molecule has 134 valence electrons. The molecule has 2 amide bonds. The molecule has 0 fully saturated rings. The van der Waals surface area contributed by atoms with Crippen molar-refractivity contribution in [3.8, 4) is 17.6 Å². The average Bonchev–Trinajstić information content (AvgIpc) is 2.65. The van der Waals surface area contributed by atoms with Crippen LogP contribution >= 0.6 is 12.6 Å². The van der Waals surface area contributed by atoms with Gasteiger partial charge < -0.3 is 9.47 Å². The number of urea groups is 1. The lowest BCUT2D eigenvalue weighted by molar-refractivity contribution is 0.236. The van der Waals surface area contributed by atoms with Gasteiger partial charge in [-0.25, -0.2) is 16.1 Å². The Kier molecular flexibility index (Phi) is 6.08. The highest BCUT2D eigenvalue weighted by Crippen LogP contribution is 2.35. The molecule has 10 heteroatoms. The van der Waals surface area contributed by atoms with Gasteiger partial charge in [0.25, 0.3) is 0 Å². The molecule has 0 aliphatic carbocycles. The molecule has 0 aromatic heterocycles. The highest BCUT2D eigenvalue weighted by molar-refractivity contribution is 7.83. The van der Waals surface area contributed by atoms with Crippen LogP contribution in [0.15, 0.2) is 17.1 Å². The van der Waals surface area contributed by atoms with Gasteiger partial charge in [-0.05, 0) is 24.1 Å². The number of carbonyl (C=O) groups is 1. The Morgan fingerprint density at radius 2 is 2.12 bits per heavy atom. The predicted molar refractivity (Wildman–Crippen MR) is 95.8 cm³/mol. The van der Waals surface area contributed by atoms with E-state index in [0.717, 1.165) is 17.5 Å². The van der Waals surface area contributed by atoms with E-state index >= 15 is 0 Å². The van der Waals surface area contributed by atoms with Gasteiger partial charge in [0, 0.05) is 18.7 Å². The van der Waals surface area contributed by atoms with E-state index in [-0.39, 0.29) is 6.54 Å². The molecule has 9 nitrogen and oxygen atoms in total. The quantitative estimate of drug-likeness (QED) is 0.207. The van der Waals surface area contributed by atoms with Crippen molar-refractivity contribution >= 4 is 24.4 Å². The van der Waals surface area contributed by atoms with E-state index in [1.54, 1.807) is 20.3 Å². The van der Waals surface area contributed by atoms with Crippen LogP contribution in [0.1, 0.15) is 11.1 Å². The number of benzene rings is 1.